The molecule has 2 saturated heterocycles. The van der Waals surface area contributed by atoms with Gasteiger partial charge in [-0.3, -0.25) is 0 Å². The van der Waals surface area contributed by atoms with E-state index in [4.69, 9.17) is 0 Å². The number of likely N-dealkylation sites (tertiary alicyclic amines) is 1. The summed E-state index contributed by atoms with van der Waals surface area (Å²) >= 11 is 0. The minimum atomic E-state index is -0.101. The van der Waals surface area contributed by atoms with Gasteiger partial charge in [0.2, 0.25) is 0 Å². The van der Waals surface area contributed by atoms with Gasteiger partial charge in [0.05, 0.1) is 0 Å². The Bertz CT molecular complexity index is 591. The topological polar surface area (TPSA) is 63.7 Å². The minimum Gasteiger partial charge on any atom is -0.354 e. The number of amides is 2. The lowest BCUT2D eigenvalue weighted by Crippen LogP contribution is -2.44. The van der Waals surface area contributed by atoms with Crippen molar-refractivity contribution in [2.45, 2.75) is 32.7 Å². The van der Waals surface area contributed by atoms with Crippen LogP contribution in [0.3, 0.4) is 0 Å². The van der Waals surface area contributed by atoms with Gasteiger partial charge in [-0.15, -0.1) is 0 Å². The molecule has 0 atom stereocenters. The van der Waals surface area contributed by atoms with Crippen LogP contribution in [-0.2, 0) is 6.54 Å². The van der Waals surface area contributed by atoms with Gasteiger partial charge in [0.1, 0.15) is 5.82 Å². The standard InChI is InChI=1S/C21H36N6O/c1-18-6-10-26(11-7-18)9-3-8-22-21(28)24-17-19-4-5-20(23-16-19)27-14-12-25(2)13-15-27/h4-5,16,18H,3,6-15,17H2,1-2H3,(H2,22,24,28). The maximum Gasteiger partial charge on any atom is 0.315 e. The zero-order valence-electron chi connectivity index (χ0n) is 17.5. The molecule has 0 spiro atoms. The van der Waals surface area contributed by atoms with E-state index in [2.05, 4.69) is 56.4 Å². The second-order valence-electron chi connectivity index (χ2n) is 8.30. The SMILES string of the molecule is CC1CCN(CCCNC(=O)NCc2ccc(N3CCN(C)CC3)nc2)CC1. The molecule has 0 unspecified atom stereocenters. The predicted molar refractivity (Wildman–Crippen MR) is 114 cm³/mol. The third-order valence-corrected chi connectivity index (χ3v) is 5.90. The maximum atomic E-state index is 12.0. The Morgan fingerprint density at radius 3 is 2.54 bits per heavy atom. The summed E-state index contributed by atoms with van der Waals surface area (Å²) < 4.78 is 0. The zero-order chi connectivity index (χ0) is 19.8. The highest BCUT2D eigenvalue weighted by atomic mass is 16.2. The Balaban J connectivity index is 1.29. The number of pyridine rings is 1. The number of anilines is 1. The molecule has 2 N–H and O–H groups in total. The molecule has 2 amide bonds. The van der Waals surface area contributed by atoms with Gasteiger partial charge in [-0.25, -0.2) is 9.78 Å². The molecule has 0 saturated carbocycles. The second-order valence-corrected chi connectivity index (χ2v) is 8.30. The quantitative estimate of drug-likeness (QED) is 0.697. The van der Waals surface area contributed by atoms with Crippen molar-refractivity contribution >= 4 is 11.8 Å². The summed E-state index contributed by atoms with van der Waals surface area (Å²) in [6.45, 7) is 11.2. The van der Waals surface area contributed by atoms with Gasteiger partial charge in [0.25, 0.3) is 0 Å². The number of nitrogens with zero attached hydrogens (tertiary/aromatic N) is 4. The van der Waals surface area contributed by atoms with Crippen molar-refractivity contribution < 1.29 is 4.79 Å². The fourth-order valence-corrected chi connectivity index (χ4v) is 3.78. The summed E-state index contributed by atoms with van der Waals surface area (Å²) in [6, 6.07) is 4.01. The Morgan fingerprint density at radius 1 is 1.11 bits per heavy atom. The van der Waals surface area contributed by atoms with Gasteiger partial charge in [0.15, 0.2) is 0 Å². The van der Waals surface area contributed by atoms with Crippen molar-refractivity contribution in [3.8, 4) is 0 Å². The van der Waals surface area contributed by atoms with Crippen molar-refractivity contribution in [2.75, 3.05) is 64.3 Å². The average Bonchev–Trinajstić information content (AvgIpc) is 2.72. The van der Waals surface area contributed by atoms with Gasteiger partial charge < -0.3 is 25.3 Å². The number of carbonyl (C=O) groups excluding carboxylic acids is 1. The first kappa shape index (κ1) is 20.9. The second kappa shape index (κ2) is 10.6. The fraction of sp³-hybridized carbons (Fsp3) is 0.714. The molecule has 0 bridgehead atoms. The van der Waals surface area contributed by atoms with E-state index in [0.717, 1.165) is 63.0 Å². The first-order chi connectivity index (χ1) is 13.6. The van der Waals surface area contributed by atoms with Gasteiger partial charge in [-0.05, 0) is 63.5 Å². The lowest BCUT2D eigenvalue weighted by atomic mass is 9.99. The summed E-state index contributed by atoms with van der Waals surface area (Å²) in [5.41, 5.74) is 1.02. The van der Waals surface area contributed by atoms with E-state index in [9.17, 15) is 4.79 Å². The summed E-state index contributed by atoms with van der Waals surface area (Å²) in [5, 5.41) is 5.88. The number of hydrogen-bond donors (Lipinski definition) is 2. The van der Waals surface area contributed by atoms with E-state index in [1.54, 1.807) is 0 Å². The molecule has 3 heterocycles. The number of piperazine rings is 1. The number of aromatic nitrogens is 1. The van der Waals surface area contributed by atoms with Gasteiger partial charge in [-0.2, -0.15) is 0 Å². The largest absolute Gasteiger partial charge is 0.354 e. The van der Waals surface area contributed by atoms with Crippen molar-refractivity contribution in [2.24, 2.45) is 5.92 Å². The van der Waals surface area contributed by atoms with Crippen molar-refractivity contribution in [1.29, 1.82) is 0 Å². The smallest absolute Gasteiger partial charge is 0.315 e. The summed E-state index contributed by atoms with van der Waals surface area (Å²) in [4.78, 5) is 23.7. The third-order valence-electron chi connectivity index (χ3n) is 5.90. The van der Waals surface area contributed by atoms with Crippen LogP contribution in [0.25, 0.3) is 0 Å². The number of urea groups is 1. The van der Waals surface area contributed by atoms with Crippen LogP contribution in [-0.4, -0.2) is 80.2 Å². The van der Waals surface area contributed by atoms with E-state index >= 15 is 0 Å². The van der Waals surface area contributed by atoms with Crippen LogP contribution in [0.5, 0.6) is 0 Å². The highest BCUT2D eigenvalue weighted by Crippen LogP contribution is 2.16. The zero-order valence-corrected chi connectivity index (χ0v) is 17.5. The Kier molecular flexibility index (Phi) is 7.91. The minimum absolute atomic E-state index is 0.101. The van der Waals surface area contributed by atoms with Crippen LogP contribution in [0, 0.1) is 5.92 Å². The molecule has 7 heteroatoms. The maximum absolute atomic E-state index is 12.0. The molecule has 7 nitrogen and oxygen atoms in total. The highest BCUT2D eigenvalue weighted by molar-refractivity contribution is 5.73. The molecule has 1 aromatic rings. The summed E-state index contributed by atoms with van der Waals surface area (Å²) in [7, 11) is 2.15. The van der Waals surface area contributed by atoms with E-state index in [1.165, 1.54) is 25.9 Å². The van der Waals surface area contributed by atoms with Crippen molar-refractivity contribution in [1.82, 2.24) is 25.4 Å². The van der Waals surface area contributed by atoms with Crippen molar-refractivity contribution in [3.63, 3.8) is 0 Å². The normalized spacial score (nSPS) is 19.6. The number of carbonyl (C=O) groups is 1. The van der Waals surface area contributed by atoms with E-state index < -0.39 is 0 Å². The van der Waals surface area contributed by atoms with Gasteiger partial charge in [0, 0.05) is 45.5 Å². The fourth-order valence-electron chi connectivity index (χ4n) is 3.78. The average molecular weight is 389 g/mol. The number of hydrogen-bond acceptors (Lipinski definition) is 5. The third kappa shape index (κ3) is 6.63. The molecule has 0 aromatic carbocycles. The summed E-state index contributed by atoms with van der Waals surface area (Å²) in [5.74, 6) is 1.89. The Labute approximate surface area is 169 Å². The summed E-state index contributed by atoms with van der Waals surface area (Å²) in [6.07, 6.45) is 5.47. The highest BCUT2D eigenvalue weighted by Gasteiger charge is 2.16. The van der Waals surface area contributed by atoms with Crippen molar-refractivity contribution in [3.05, 3.63) is 23.9 Å². The molecule has 2 aliphatic rings. The molecule has 2 fully saturated rings. The number of piperidine rings is 1. The van der Waals surface area contributed by atoms with Gasteiger partial charge >= 0.3 is 6.03 Å². The molecule has 2 aliphatic heterocycles. The molecule has 28 heavy (non-hydrogen) atoms. The van der Waals surface area contributed by atoms with Crippen LogP contribution in [0.15, 0.2) is 18.3 Å². The van der Waals surface area contributed by atoms with E-state index in [0.29, 0.717) is 6.54 Å². The molecular formula is C21H36N6O. The van der Waals surface area contributed by atoms with E-state index in [-0.39, 0.29) is 6.03 Å². The number of rotatable bonds is 7. The Hall–Kier alpha value is -1.86. The molecule has 3 rings (SSSR count). The lowest BCUT2D eigenvalue weighted by Gasteiger charge is -2.33. The van der Waals surface area contributed by atoms with Crippen LogP contribution >= 0.6 is 0 Å². The van der Waals surface area contributed by atoms with Crippen LogP contribution in [0.1, 0.15) is 31.7 Å². The monoisotopic (exact) mass is 388 g/mol. The lowest BCUT2D eigenvalue weighted by molar-refractivity contribution is 0.190. The number of likely N-dealkylation sites (N-methyl/N-ethyl adjacent to an activating group) is 1. The predicted octanol–water partition coefficient (Wildman–Crippen LogP) is 1.75. The molecule has 0 radical (unpaired) electrons. The first-order valence-corrected chi connectivity index (χ1v) is 10.7. The number of nitrogens with one attached hydrogen (secondary N) is 2. The molecule has 0 aliphatic carbocycles. The van der Waals surface area contributed by atoms with Gasteiger partial charge in [-0.1, -0.05) is 13.0 Å². The Morgan fingerprint density at radius 2 is 1.86 bits per heavy atom. The van der Waals surface area contributed by atoms with Crippen LogP contribution < -0.4 is 15.5 Å². The molecule has 1 aromatic heterocycles. The first-order valence-electron chi connectivity index (χ1n) is 10.7. The van der Waals surface area contributed by atoms with Crippen LogP contribution in [0.2, 0.25) is 0 Å². The van der Waals surface area contributed by atoms with Crippen LogP contribution in [0.4, 0.5) is 10.6 Å². The van der Waals surface area contributed by atoms with E-state index in [1.807, 2.05) is 6.20 Å². The molecule has 156 valence electrons. The molecular weight excluding hydrogens is 352 g/mol.